The van der Waals surface area contributed by atoms with Crippen LogP contribution in [-0.4, -0.2) is 8.42 Å². The zero-order valence-electron chi connectivity index (χ0n) is 11.6. The Morgan fingerprint density at radius 1 is 1.10 bits per heavy atom. The molecule has 3 N–H and O–H groups in total. The van der Waals surface area contributed by atoms with Crippen LogP contribution in [-0.2, 0) is 16.6 Å². The summed E-state index contributed by atoms with van der Waals surface area (Å²) in [4.78, 5) is 0.312. The third kappa shape index (κ3) is 3.18. The van der Waals surface area contributed by atoms with Crippen molar-refractivity contribution in [2.24, 2.45) is 0 Å². The first-order chi connectivity index (χ1) is 9.40. The standard InChI is InChI=1S/C15H18N2O2S/c1-11-7-8-12(2)15(9-11)20(18,19)17-10-13-5-3-4-6-14(13)16/h3-9,17H,10,16H2,1-2H3. The maximum Gasteiger partial charge on any atom is 0.241 e. The van der Waals surface area contributed by atoms with Gasteiger partial charge in [-0.05, 0) is 42.7 Å². The van der Waals surface area contributed by atoms with E-state index in [0.29, 0.717) is 10.6 Å². The van der Waals surface area contributed by atoms with Crippen LogP contribution in [0.15, 0.2) is 47.4 Å². The molecule has 0 atom stereocenters. The Morgan fingerprint density at radius 3 is 2.50 bits per heavy atom. The van der Waals surface area contributed by atoms with Crippen molar-refractivity contribution in [3.05, 3.63) is 59.2 Å². The van der Waals surface area contributed by atoms with Crippen molar-refractivity contribution < 1.29 is 8.42 Å². The van der Waals surface area contributed by atoms with Crippen LogP contribution >= 0.6 is 0 Å². The molecule has 20 heavy (non-hydrogen) atoms. The average molecular weight is 290 g/mol. The molecular formula is C15H18N2O2S. The van der Waals surface area contributed by atoms with Gasteiger partial charge in [-0.2, -0.15) is 0 Å². The molecule has 4 nitrogen and oxygen atoms in total. The largest absolute Gasteiger partial charge is 0.398 e. The highest BCUT2D eigenvalue weighted by molar-refractivity contribution is 7.89. The number of aryl methyl sites for hydroxylation is 2. The van der Waals surface area contributed by atoms with Gasteiger partial charge in [0.1, 0.15) is 0 Å². The first kappa shape index (κ1) is 14.6. The topological polar surface area (TPSA) is 72.2 Å². The fraction of sp³-hybridized carbons (Fsp3) is 0.200. The summed E-state index contributed by atoms with van der Waals surface area (Å²) in [7, 11) is -3.53. The maximum absolute atomic E-state index is 12.3. The summed E-state index contributed by atoms with van der Waals surface area (Å²) in [5, 5.41) is 0. The highest BCUT2D eigenvalue weighted by atomic mass is 32.2. The molecule has 0 radical (unpaired) electrons. The van der Waals surface area contributed by atoms with Crippen LogP contribution in [0.25, 0.3) is 0 Å². The van der Waals surface area contributed by atoms with Crippen molar-refractivity contribution in [1.82, 2.24) is 4.72 Å². The van der Waals surface area contributed by atoms with E-state index in [1.54, 1.807) is 31.2 Å². The quantitative estimate of drug-likeness (QED) is 0.849. The van der Waals surface area contributed by atoms with Crippen LogP contribution in [0.1, 0.15) is 16.7 Å². The van der Waals surface area contributed by atoms with Crippen molar-refractivity contribution in [1.29, 1.82) is 0 Å². The van der Waals surface area contributed by atoms with Crippen molar-refractivity contribution in [3.63, 3.8) is 0 Å². The van der Waals surface area contributed by atoms with E-state index in [2.05, 4.69) is 4.72 Å². The van der Waals surface area contributed by atoms with Gasteiger partial charge in [-0.3, -0.25) is 0 Å². The number of nitrogens with one attached hydrogen (secondary N) is 1. The second-order valence-corrected chi connectivity index (χ2v) is 6.53. The van der Waals surface area contributed by atoms with E-state index in [0.717, 1.165) is 16.7 Å². The Balaban J connectivity index is 2.24. The molecule has 0 bridgehead atoms. The van der Waals surface area contributed by atoms with Crippen LogP contribution in [0.3, 0.4) is 0 Å². The van der Waals surface area contributed by atoms with Crippen LogP contribution in [0.5, 0.6) is 0 Å². The predicted octanol–water partition coefficient (Wildman–Crippen LogP) is 2.36. The Labute approximate surface area is 119 Å². The normalized spacial score (nSPS) is 11.5. The van der Waals surface area contributed by atoms with E-state index >= 15 is 0 Å². The van der Waals surface area contributed by atoms with E-state index in [1.807, 2.05) is 25.1 Å². The SMILES string of the molecule is Cc1ccc(C)c(S(=O)(=O)NCc2ccccc2N)c1. The van der Waals surface area contributed by atoms with Gasteiger partial charge < -0.3 is 5.73 Å². The van der Waals surface area contributed by atoms with Crippen LogP contribution in [0, 0.1) is 13.8 Å². The molecule has 0 saturated heterocycles. The van der Waals surface area contributed by atoms with E-state index in [1.165, 1.54) is 0 Å². The second kappa shape index (κ2) is 5.64. The molecule has 0 unspecified atom stereocenters. The molecule has 5 heteroatoms. The number of nitrogen functional groups attached to an aromatic ring is 1. The van der Waals surface area contributed by atoms with Crippen molar-refractivity contribution in [3.8, 4) is 0 Å². The number of para-hydroxylation sites is 1. The van der Waals surface area contributed by atoms with Gasteiger partial charge in [-0.1, -0.05) is 30.3 Å². The van der Waals surface area contributed by atoms with Crippen LogP contribution < -0.4 is 10.5 Å². The van der Waals surface area contributed by atoms with Crippen LogP contribution in [0.4, 0.5) is 5.69 Å². The highest BCUT2D eigenvalue weighted by Crippen LogP contribution is 2.18. The lowest BCUT2D eigenvalue weighted by Crippen LogP contribution is -2.24. The molecule has 2 aromatic rings. The molecule has 0 aliphatic heterocycles. The fourth-order valence-corrected chi connectivity index (χ4v) is 3.28. The predicted molar refractivity (Wildman–Crippen MR) is 80.8 cm³/mol. The molecule has 0 aliphatic rings. The first-order valence-electron chi connectivity index (χ1n) is 6.30. The van der Waals surface area contributed by atoms with Crippen LogP contribution in [0.2, 0.25) is 0 Å². The molecule has 0 amide bonds. The number of sulfonamides is 1. The lowest BCUT2D eigenvalue weighted by molar-refractivity contribution is 0.580. The highest BCUT2D eigenvalue weighted by Gasteiger charge is 2.16. The zero-order valence-corrected chi connectivity index (χ0v) is 12.4. The van der Waals surface area contributed by atoms with Gasteiger partial charge in [0.15, 0.2) is 0 Å². The van der Waals surface area contributed by atoms with Gasteiger partial charge >= 0.3 is 0 Å². The van der Waals surface area contributed by atoms with E-state index in [-0.39, 0.29) is 6.54 Å². The minimum Gasteiger partial charge on any atom is -0.398 e. The van der Waals surface area contributed by atoms with E-state index < -0.39 is 10.0 Å². The first-order valence-corrected chi connectivity index (χ1v) is 7.79. The van der Waals surface area contributed by atoms with Gasteiger partial charge in [0.05, 0.1) is 4.90 Å². The van der Waals surface area contributed by atoms with Gasteiger partial charge in [0, 0.05) is 12.2 Å². The Kier molecular flexibility index (Phi) is 4.11. The van der Waals surface area contributed by atoms with Gasteiger partial charge in [0.25, 0.3) is 0 Å². The number of nitrogens with two attached hydrogens (primary N) is 1. The average Bonchev–Trinajstić information content (AvgIpc) is 2.40. The maximum atomic E-state index is 12.3. The van der Waals surface area contributed by atoms with Gasteiger partial charge in [-0.15, -0.1) is 0 Å². The van der Waals surface area contributed by atoms with Crippen molar-refractivity contribution >= 4 is 15.7 Å². The number of benzene rings is 2. The Bertz CT molecular complexity index is 724. The number of hydrogen-bond donors (Lipinski definition) is 2. The molecule has 2 rings (SSSR count). The van der Waals surface area contributed by atoms with Crippen molar-refractivity contribution in [2.45, 2.75) is 25.3 Å². The number of anilines is 1. The van der Waals surface area contributed by atoms with Crippen molar-refractivity contribution in [2.75, 3.05) is 5.73 Å². The lowest BCUT2D eigenvalue weighted by Gasteiger charge is -2.11. The third-order valence-electron chi connectivity index (χ3n) is 3.14. The van der Waals surface area contributed by atoms with Gasteiger partial charge in [-0.25, -0.2) is 13.1 Å². The number of hydrogen-bond acceptors (Lipinski definition) is 3. The summed E-state index contributed by atoms with van der Waals surface area (Å²) >= 11 is 0. The Morgan fingerprint density at radius 2 is 1.80 bits per heavy atom. The summed E-state index contributed by atoms with van der Waals surface area (Å²) in [6, 6.07) is 12.6. The molecule has 0 aliphatic carbocycles. The fourth-order valence-electron chi connectivity index (χ4n) is 1.94. The summed E-state index contributed by atoms with van der Waals surface area (Å²) in [5.74, 6) is 0. The molecule has 0 heterocycles. The second-order valence-electron chi connectivity index (χ2n) is 4.79. The third-order valence-corrected chi connectivity index (χ3v) is 4.68. The summed E-state index contributed by atoms with van der Waals surface area (Å²) in [6.45, 7) is 3.83. The molecule has 0 spiro atoms. The molecule has 2 aromatic carbocycles. The van der Waals surface area contributed by atoms with E-state index in [9.17, 15) is 8.42 Å². The molecule has 0 aromatic heterocycles. The monoisotopic (exact) mass is 290 g/mol. The molecule has 106 valence electrons. The van der Waals surface area contributed by atoms with E-state index in [4.69, 9.17) is 5.73 Å². The zero-order chi connectivity index (χ0) is 14.8. The summed E-state index contributed by atoms with van der Waals surface area (Å²) in [5.41, 5.74) is 8.79. The minimum absolute atomic E-state index is 0.183. The molecular weight excluding hydrogens is 272 g/mol. The minimum atomic E-state index is -3.53. The summed E-state index contributed by atoms with van der Waals surface area (Å²) in [6.07, 6.45) is 0. The van der Waals surface area contributed by atoms with Gasteiger partial charge in [0.2, 0.25) is 10.0 Å². The number of rotatable bonds is 4. The Hall–Kier alpha value is -1.85. The smallest absolute Gasteiger partial charge is 0.241 e. The summed E-state index contributed by atoms with van der Waals surface area (Å²) < 4.78 is 27.3. The lowest BCUT2D eigenvalue weighted by atomic mass is 10.2. The molecule has 0 fully saturated rings. The molecule has 0 saturated carbocycles.